The Labute approximate surface area is 64.9 Å². The summed E-state index contributed by atoms with van der Waals surface area (Å²) >= 11 is 0. The topological polar surface area (TPSA) is 77.0 Å². The molecule has 0 unspecified atom stereocenters. The van der Waals surface area contributed by atoms with Crippen LogP contribution in [0, 0.1) is 0 Å². The Kier molecular flexibility index (Phi) is 2.85. The van der Waals surface area contributed by atoms with E-state index < -0.39 is 0 Å². The second-order valence-corrected chi connectivity index (χ2v) is 2.26. The number of nitrogen functional groups attached to an aromatic ring is 1. The molecule has 5 nitrogen and oxygen atoms in total. The van der Waals surface area contributed by atoms with E-state index in [9.17, 15) is 0 Å². The van der Waals surface area contributed by atoms with E-state index in [1.165, 1.54) is 0 Å². The summed E-state index contributed by atoms with van der Waals surface area (Å²) in [6, 6.07) is 0.274. The highest BCUT2D eigenvalue weighted by atomic mass is 16.5. The van der Waals surface area contributed by atoms with Crippen LogP contribution in [0.5, 0.6) is 0 Å². The Morgan fingerprint density at radius 2 is 2.45 bits per heavy atom. The summed E-state index contributed by atoms with van der Waals surface area (Å²) in [6.45, 7) is 2.11. The normalized spacial score (nSPS) is 10.0. The minimum Gasteiger partial charge on any atom is -0.314 e. The van der Waals surface area contributed by atoms with Crippen molar-refractivity contribution in [3.63, 3.8) is 0 Å². The van der Waals surface area contributed by atoms with Crippen LogP contribution < -0.4 is 11.3 Å². The Morgan fingerprint density at radius 1 is 1.64 bits per heavy atom. The number of nitrogens with zero attached hydrogens (tertiary/aromatic N) is 2. The van der Waals surface area contributed by atoms with Gasteiger partial charge in [-0.25, -0.2) is 5.84 Å². The molecule has 11 heavy (non-hydrogen) atoms. The lowest BCUT2D eigenvalue weighted by molar-refractivity contribution is 0.422. The molecule has 0 bridgehead atoms. The molecule has 1 rings (SSSR count). The maximum Gasteiger partial charge on any atom is 0.335 e. The first-order chi connectivity index (χ1) is 5.36. The fraction of sp³-hybridized carbons (Fsp3) is 0.667. The molecule has 62 valence electrons. The fourth-order valence-corrected chi connectivity index (χ4v) is 0.749. The van der Waals surface area contributed by atoms with E-state index in [-0.39, 0.29) is 6.01 Å². The Hall–Kier alpha value is -1.10. The van der Waals surface area contributed by atoms with Crippen molar-refractivity contribution in [1.82, 2.24) is 10.1 Å². The molecule has 0 fully saturated rings. The van der Waals surface area contributed by atoms with Gasteiger partial charge in [-0.3, -0.25) is 5.43 Å². The van der Waals surface area contributed by atoms with Crippen molar-refractivity contribution >= 4 is 6.01 Å². The van der Waals surface area contributed by atoms with E-state index in [0.717, 1.165) is 19.3 Å². The molecule has 1 aromatic heterocycles. The van der Waals surface area contributed by atoms with Crippen LogP contribution in [0.4, 0.5) is 6.01 Å². The lowest BCUT2D eigenvalue weighted by Crippen LogP contribution is -2.06. The molecule has 0 spiro atoms. The SMILES string of the molecule is CCCCc1noc(NN)n1. The van der Waals surface area contributed by atoms with Gasteiger partial charge in [-0.05, 0) is 6.42 Å². The quantitative estimate of drug-likeness (QED) is 0.495. The van der Waals surface area contributed by atoms with Crippen molar-refractivity contribution in [2.75, 3.05) is 5.43 Å². The van der Waals surface area contributed by atoms with Crippen molar-refractivity contribution < 1.29 is 4.52 Å². The van der Waals surface area contributed by atoms with Gasteiger partial charge in [0, 0.05) is 6.42 Å². The number of hydrazine groups is 1. The number of anilines is 1. The maximum atomic E-state index is 5.05. The van der Waals surface area contributed by atoms with Gasteiger partial charge in [0.05, 0.1) is 0 Å². The molecule has 1 heterocycles. The molecule has 0 aliphatic heterocycles. The molecule has 0 aliphatic rings. The highest BCUT2D eigenvalue weighted by Gasteiger charge is 2.02. The van der Waals surface area contributed by atoms with Gasteiger partial charge in [-0.15, -0.1) is 0 Å². The molecule has 0 radical (unpaired) electrons. The Morgan fingerprint density at radius 3 is 3.00 bits per heavy atom. The number of aryl methyl sites for hydroxylation is 1. The average Bonchev–Trinajstić information content (AvgIpc) is 2.48. The largest absolute Gasteiger partial charge is 0.335 e. The van der Waals surface area contributed by atoms with Gasteiger partial charge in [0.25, 0.3) is 0 Å². The third-order valence-corrected chi connectivity index (χ3v) is 1.35. The number of nitrogens with one attached hydrogen (secondary N) is 1. The van der Waals surface area contributed by atoms with E-state index in [1.807, 2.05) is 0 Å². The third kappa shape index (κ3) is 2.19. The Bertz CT molecular complexity index is 210. The first kappa shape index (κ1) is 8.00. The summed E-state index contributed by atoms with van der Waals surface area (Å²) in [6.07, 6.45) is 3.05. The number of hydrogen-bond donors (Lipinski definition) is 2. The van der Waals surface area contributed by atoms with Crippen molar-refractivity contribution in [2.45, 2.75) is 26.2 Å². The van der Waals surface area contributed by atoms with Gasteiger partial charge in [0.15, 0.2) is 5.82 Å². The van der Waals surface area contributed by atoms with Gasteiger partial charge in [-0.1, -0.05) is 18.5 Å². The van der Waals surface area contributed by atoms with E-state index in [0.29, 0.717) is 5.82 Å². The molecule has 0 atom stereocenters. The Balaban J connectivity index is 2.44. The summed E-state index contributed by atoms with van der Waals surface area (Å²) < 4.78 is 4.71. The smallest absolute Gasteiger partial charge is 0.314 e. The van der Waals surface area contributed by atoms with Crippen LogP contribution in [0.1, 0.15) is 25.6 Å². The van der Waals surface area contributed by atoms with E-state index >= 15 is 0 Å². The monoisotopic (exact) mass is 156 g/mol. The van der Waals surface area contributed by atoms with Crippen molar-refractivity contribution in [1.29, 1.82) is 0 Å². The van der Waals surface area contributed by atoms with E-state index in [1.54, 1.807) is 0 Å². The van der Waals surface area contributed by atoms with Gasteiger partial charge < -0.3 is 4.52 Å². The van der Waals surface area contributed by atoms with Gasteiger partial charge in [0.1, 0.15) is 0 Å². The summed E-state index contributed by atoms with van der Waals surface area (Å²) in [5.41, 5.74) is 2.28. The zero-order valence-electron chi connectivity index (χ0n) is 6.50. The van der Waals surface area contributed by atoms with Crippen LogP contribution in [0.2, 0.25) is 0 Å². The van der Waals surface area contributed by atoms with Crippen LogP contribution in [-0.4, -0.2) is 10.1 Å². The highest BCUT2D eigenvalue weighted by molar-refractivity contribution is 5.14. The average molecular weight is 156 g/mol. The number of nitrogens with two attached hydrogens (primary N) is 1. The molecule has 0 aliphatic carbocycles. The van der Waals surface area contributed by atoms with Gasteiger partial charge in [0.2, 0.25) is 0 Å². The van der Waals surface area contributed by atoms with E-state index in [2.05, 4.69) is 22.5 Å². The number of aromatic nitrogens is 2. The number of unbranched alkanes of at least 4 members (excludes halogenated alkanes) is 1. The van der Waals surface area contributed by atoms with Gasteiger partial charge in [-0.2, -0.15) is 4.98 Å². The predicted octanol–water partition coefficient (Wildman–Crippen LogP) is 0.698. The fourth-order valence-electron chi connectivity index (χ4n) is 0.749. The zero-order chi connectivity index (χ0) is 8.10. The lowest BCUT2D eigenvalue weighted by atomic mass is 10.2. The summed E-state index contributed by atoms with van der Waals surface area (Å²) in [5, 5.41) is 3.70. The lowest BCUT2D eigenvalue weighted by Gasteiger charge is -1.87. The van der Waals surface area contributed by atoms with E-state index in [4.69, 9.17) is 10.4 Å². The van der Waals surface area contributed by atoms with Gasteiger partial charge >= 0.3 is 6.01 Å². The first-order valence-corrected chi connectivity index (χ1v) is 3.66. The van der Waals surface area contributed by atoms with Crippen LogP contribution in [-0.2, 0) is 6.42 Å². The van der Waals surface area contributed by atoms with Crippen LogP contribution >= 0.6 is 0 Å². The molecular weight excluding hydrogens is 144 g/mol. The van der Waals surface area contributed by atoms with Crippen molar-refractivity contribution in [3.8, 4) is 0 Å². The molecule has 3 N–H and O–H groups in total. The number of rotatable bonds is 4. The molecule has 0 amide bonds. The first-order valence-electron chi connectivity index (χ1n) is 3.66. The second-order valence-electron chi connectivity index (χ2n) is 2.26. The molecule has 0 saturated carbocycles. The predicted molar refractivity (Wildman–Crippen MR) is 40.7 cm³/mol. The van der Waals surface area contributed by atoms with Crippen LogP contribution in [0.3, 0.4) is 0 Å². The second kappa shape index (κ2) is 3.92. The number of hydrogen-bond acceptors (Lipinski definition) is 5. The highest BCUT2D eigenvalue weighted by Crippen LogP contribution is 2.03. The summed E-state index contributed by atoms with van der Waals surface area (Å²) in [5.74, 6) is 5.75. The molecule has 0 saturated heterocycles. The maximum absolute atomic E-state index is 5.05. The minimum atomic E-state index is 0.274. The van der Waals surface area contributed by atoms with Crippen molar-refractivity contribution in [3.05, 3.63) is 5.82 Å². The third-order valence-electron chi connectivity index (χ3n) is 1.35. The molecular formula is C6H12N4O. The minimum absolute atomic E-state index is 0.274. The van der Waals surface area contributed by atoms with Crippen molar-refractivity contribution in [2.24, 2.45) is 5.84 Å². The molecule has 1 aromatic rings. The van der Waals surface area contributed by atoms with Crippen LogP contribution in [0.25, 0.3) is 0 Å². The molecule has 5 heteroatoms. The standard InChI is InChI=1S/C6H12N4O/c1-2-3-4-5-8-6(9-7)11-10-5/h2-4,7H2,1H3,(H,8,9,10). The summed E-state index contributed by atoms with van der Waals surface area (Å²) in [4.78, 5) is 3.95. The molecule has 0 aromatic carbocycles. The zero-order valence-corrected chi connectivity index (χ0v) is 6.50. The van der Waals surface area contributed by atoms with Crippen LogP contribution in [0.15, 0.2) is 4.52 Å². The summed E-state index contributed by atoms with van der Waals surface area (Å²) in [7, 11) is 0.